The zero-order valence-corrected chi connectivity index (χ0v) is 11.8. The molecule has 1 heterocycles. The fraction of sp³-hybridized carbons (Fsp3) is 0.385. The molecule has 0 spiro atoms. The molecular formula is C13H16N2O4S. The summed E-state index contributed by atoms with van der Waals surface area (Å²) >= 11 is 1.36. The van der Waals surface area contributed by atoms with Gasteiger partial charge in [-0.25, -0.2) is 4.98 Å². The van der Waals surface area contributed by atoms with Gasteiger partial charge in [0.05, 0.1) is 42.9 Å². The second-order valence-corrected chi connectivity index (χ2v) is 5.24. The van der Waals surface area contributed by atoms with Crippen LogP contribution in [0.4, 0.5) is 0 Å². The van der Waals surface area contributed by atoms with E-state index in [1.165, 1.54) is 22.7 Å². The quantitative estimate of drug-likeness (QED) is 0.805. The Morgan fingerprint density at radius 3 is 3.00 bits per heavy atom. The van der Waals surface area contributed by atoms with Crippen LogP contribution in [0.3, 0.4) is 0 Å². The Kier molecular flexibility index (Phi) is 4.99. The predicted molar refractivity (Wildman–Crippen MR) is 78.1 cm³/mol. The number of rotatable bonds is 6. The highest BCUT2D eigenvalue weighted by Crippen LogP contribution is 2.16. The summed E-state index contributed by atoms with van der Waals surface area (Å²) in [5.74, 6) is 1.40. The van der Waals surface area contributed by atoms with Crippen molar-refractivity contribution in [1.82, 2.24) is 9.55 Å². The molecule has 1 atom stereocenters. The predicted octanol–water partition coefficient (Wildman–Crippen LogP) is 0.449. The number of methoxy groups -OCH3 is 1. The maximum atomic E-state index is 12.2. The molecule has 0 radical (unpaired) electrons. The van der Waals surface area contributed by atoms with Crippen molar-refractivity contribution in [1.29, 1.82) is 0 Å². The van der Waals surface area contributed by atoms with E-state index in [0.29, 0.717) is 28.3 Å². The largest absolute Gasteiger partial charge is 0.497 e. The first-order valence-corrected chi connectivity index (χ1v) is 7.21. The normalized spacial score (nSPS) is 12.6. The number of thioether (sulfide) groups is 1. The van der Waals surface area contributed by atoms with Crippen LogP contribution in [0.5, 0.6) is 5.75 Å². The molecule has 1 aromatic heterocycles. The first kappa shape index (κ1) is 14.8. The SMILES string of the molecule is COc1ccc2c(=O)n(CSCC(O)CO)cnc2c1. The molecular weight excluding hydrogens is 280 g/mol. The Balaban J connectivity index is 2.19. The van der Waals surface area contributed by atoms with Gasteiger partial charge in [0.25, 0.3) is 5.56 Å². The molecule has 0 saturated carbocycles. The average Bonchev–Trinajstić information content (AvgIpc) is 2.48. The molecule has 0 aliphatic carbocycles. The summed E-state index contributed by atoms with van der Waals surface area (Å²) in [4.78, 5) is 16.5. The van der Waals surface area contributed by atoms with Gasteiger partial charge in [-0.2, -0.15) is 0 Å². The number of fused-ring (bicyclic) bond motifs is 1. The van der Waals surface area contributed by atoms with E-state index in [2.05, 4.69) is 4.98 Å². The van der Waals surface area contributed by atoms with Crippen molar-refractivity contribution in [3.05, 3.63) is 34.9 Å². The first-order valence-electron chi connectivity index (χ1n) is 6.05. The van der Waals surface area contributed by atoms with Gasteiger partial charge in [-0.05, 0) is 12.1 Å². The Hall–Kier alpha value is -1.57. The monoisotopic (exact) mass is 296 g/mol. The van der Waals surface area contributed by atoms with Gasteiger partial charge >= 0.3 is 0 Å². The van der Waals surface area contributed by atoms with E-state index in [0.717, 1.165) is 0 Å². The summed E-state index contributed by atoms with van der Waals surface area (Å²) in [5.41, 5.74) is 0.453. The Bertz CT molecular complexity index is 644. The van der Waals surface area contributed by atoms with Crippen molar-refractivity contribution in [2.45, 2.75) is 12.0 Å². The van der Waals surface area contributed by atoms with Crippen molar-refractivity contribution < 1.29 is 14.9 Å². The fourth-order valence-corrected chi connectivity index (χ4v) is 2.56. The minimum Gasteiger partial charge on any atom is -0.497 e. The van der Waals surface area contributed by atoms with Crippen molar-refractivity contribution in [2.24, 2.45) is 0 Å². The highest BCUT2D eigenvalue weighted by Gasteiger charge is 2.07. The number of benzene rings is 1. The van der Waals surface area contributed by atoms with Crippen LogP contribution in [-0.2, 0) is 5.88 Å². The van der Waals surface area contributed by atoms with E-state index in [4.69, 9.17) is 9.84 Å². The van der Waals surface area contributed by atoms with Gasteiger partial charge in [0.2, 0.25) is 0 Å². The molecule has 0 fully saturated rings. The van der Waals surface area contributed by atoms with Crippen LogP contribution < -0.4 is 10.3 Å². The molecule has 7 heteroatoms. The molecule has 1 unspecified atom stereocenters. The molecule has 20 heavy (non-hydrogen) atoms. The van der Waals surface area contributed by atoms with Gasteiger partial charge in [-0.3, -0.25) is 9.36 Å². The van der Waals surface area contributed by atoms with Crippen molar-refractivity contribution in [3.8, 4) is 5.75 Å². The van der Waals surface area contributed by atoms with Crippen LogP contribution in [-0.4, -0.2) is 45.3 Å². The molecule has 108 valence electrons. The number of aliphatic hydroxyl groups is 2. The lowest BCUT2D eigenvalue weighted by molar-refractivity contribution is 0.113. The molecule has 2 rings (SSSR count). The standard InChI is InChI=1S/C13H16N2O4S/c1-19-10-2-3-11-12(4-10)14-7-15(13(11)18)8-20-6-9(17)5-16/h2-4,7,9,16-17H,5-6,8H2,1H3. The van der Waals surface area contributed by atoms with Crippen LogP contribution in [0.2, 0.25) is 0 Å². The summed E-state index contributed by atoms with van der Waals surface area (Å²) in [6, 6.07) is 5.12. The summed E-state index contributed by atoms with van der Waals surface area (Å²) in [6.45, 7) is -0.280. The third kappa shape index (κ3) is 3.30. The molecule has 0 bridgehead atoms. The number of aliphatic hydroxyl groups excluding tert-OH is 2. The van der Waals surface area contributed by atoms with Gasteiger partial charge in [0.15, 0.2) is 0 Å². The summed E-state index contributed by atoms with van der Waals surface area (Å²) < 4.78 is 6.57. The molecule has 0 saturated heterocycles. The lowest BCUT2D eigenvalue weighted by Gasteiger charge is -2.09. The Morgan fingerprint density at radius 1 is 1.50 bits per heavy atom. The van der Waals surface area contributed by atoms with Crippen LogP contribution in [0, 0.1) is 0 Å². The van der Waals surface area contributed by atoms with E-state index < -0.39 is 6.10 Å². The van der Waals surface area contributed by atoms with Crippen LogP contribution in [0.1, 0.15) is 0 Å². The van der Waals surface area contributed by atoms with E-state index in [1.54, 1.807) is 25.3 Å². The van der Waals surface area contributed by atoms with E-state index in [-0.39, 0.29) is 12.2 Å². The molecule has 0 aliphatic rings. The van der Waals surface area contributed by atoms with Crippen LogP contribution in [0.15, 0.2) is 29.3 Å². The third-order valence-corrected chi connectivity index (χ3v) is 3.86. The molecule has 2 aromatic rings. The Morgan fingerprint density at radius 2 is 2.30 bits per heavy atom. The average molecular weight is 296 g/mol. The van der Waals surface area contributed by atoms with E-state index >= 15 is 0 Å². The number of hydrogen-bond acceptors (Lipinski definition) is 6. The van der Waals surface area contributed by atoms with Crippen molar-refractivity contribution in [2.75, 3.05) is 19.5 Å². The minimum absolute atomic E-state index is 0.136. The number of aromatic nitrogens is 2. The van der Waals surface area contributed by atoms with Crippen LogP contribution in [0.25, 0.3) is 10.9 Å². The van der Waals surface area contributed by atoms with Gasteiger partial charge in [0, 0.05) is 11.8 Å². The number of hydrogen-bond donors (Lipinski definition) is 2. The molecule has 1 aromatic carbocycles. The molecule has 0 amide bonds. The Labute approximate surface area is 120 Å². The smallest absolute Gasteiger partial charge is 0.261 e. The topological polar surface area (TPSA) is 84.6 Å². The lowest BCUT2D eigenvalue weighted by Crippen LogP contribution is -2.21. The summed E-state index contributed by atoms with van der Waals surface area (Å²) in [5, 5.41) is 18.5. The van der Waals surface area contributed by atoms with E-state index in [9.17, 15) is 9.90 Å². The maximum absolute atomic E-state index is 12.2. The van der Waals surface area contributed by atoms with Gasteiger partial charge < -0.3 is 14.9 Å². The zero-order valence-electron chi connectivity index (χ0n) is 11.0. The molecule has 2 N–H and O–H groups in total. The number of nitrogens with zero attached hydrogens (tertiary/aromatic N) is 2. The second kappa shape index (κ2) is 6.74. The van der Waals surface area contributed by atoms with Gasteiger partial charge in [0.1, 0.15) is 5.75 Å². The first-order chi connectivity index (χ1) is 9.65. The highest BCUT2D eigenvalue weighted by molar-refractivity contribution is 7.98. The van der Waals surface area contributed by atoms with Crippen molar-refractivity contribution >= 4 is 22.7 Å². The summed E-state index contributed by atoms with van der Waals surface area (Å²) in [6.07, 6.45) is 0.705. The van der Waals surface area contributed by atoms with Crippen LogP contribution >= 0.6 is 11.8 Å². The van der Waals surface area contributed by atoms with Crippen molar-refractivity contribution in [3.63, 3.8) is 0 Å². The van der Waals surface area contributed by atoms with Gasteiger partial charge in [-0.1, -0.05) is 0 Å². The minimum atomic E-state index is -0.770. The third-order valence-electron chi connectivity index (χ3n) is 2.78. The second-order valence-electron chi connectivity index (χ2n) is 4.24. The molecule has 0 aliphatic heterocycles. The highest BCUT2D eigenvalue weighted by atomic mass is 32.2. The van der Waals surface area contributed by atoms with E-state index in [1.807, 2.05) is 0 Å². The fourth-order valence-electron chi connectivity index (χ4n) is 1.70. The zero-order chi connectivity index (χ0) is 14.5. The lowest BCUT2D eigenvalue weighted by atomic mass is 10.2. The summed E-state index contributed by atoms with van der Waals surface area (Å²) in [7, 11) is 1.56. The number of ether oxygens (including phenoxy) is 1. The molecule has 6 nitrogen and oxygen atoms in total. The maximum Gasteiger partial charge on any atom is 0.261 e. The van der Waals surface area contributed by atoms with Gasteiger partial charge in [-0.15, -0.1) is 11.8 Å².